The van der Waals surface area contributed by atoms with Crippen molar-refractivity contribution in [3.63, 3.8) is 0 Å². The van der Waals surface area contributed by atoms with Gasteiger partial charge in [-0.25, -0.2) is 8.42 Å². The second-order valence-electron chi connectivity index (χ2n) is 3.57. The lowest BCUT2D eigenvalue weighted by molar-refractivity contribution is 0.384. The molecule has 0 aromatic rings. The largest absolute Gasteiger partial charge is 0.748 e. The highest BCUT2D eigenvalue weighted by atomic mass is 32.2. The molecular formula is C6H13O3S-. The third kappa shape index (κ3) is 7.91. The van der Waals surface area contributed by atoms with Gasteiger partial charge in [0.1, 0.15) is 0 Å². The van der Waals surface area contributed by atoms with Crippen LogP contribution >= 0.6 is 0 Å². The molecule has 0 unspecified atom stereocenters. The summed E-state index contributed by atoms with van der Waals surface area (Å²) in [4.78, 5) is 0. The van der Waals surface area contributed by atoms with Gasteiger partial charge in [-0.05, 0) is 11.8 Å². The van der Waals surface area contributed by atoms with Gasteiger partial charge in [0.2, 0.25) is 0 Å². The Balaban J connectivity index is 3.79. The minimum absolute atomic E-state index is 0.0719. The summed E-state index contributed by atoms with van der Waals surface area (Å²) >= 11 is 0. The fourth-order valence-corrected chi connectivity index (χ4v) is 1.29. The van der Waals surface area contributed by atoms with Crippen LogP contribution in [0.5, 0.6) is 0 Å². The molecule has 0 rings (SSSR count). The van der Waals surface area contributed by atoms with Gasteiger partial charge in [-0.3, -0.25) is 0 Å². The highest BCUT2D eigenvalue weighted by Gasteiger charge is 2.11. The molecule has 0 saturated carbocycles. The lowest BCUT2D eigenvalue weighted by Gasteiger charge is -2.18. The maximum absolute atomic E-state index is 10.1. The molecule has 0 amide bonds. The number of hydrogen-bond acceptors (Lipinski definition) is 3. The van der Waals surface area contributed by atoms with E-state index in [0.717, 1.165) is 0 Å². The van der Waals surface area contributed by atoms with Crippen molar-refractivity contribution in [2.24, 2.45) is 5.41 Å². The molecule has 0 aromatic carbocycles. The molecule has 0 spiro atoms. The van der Waals surface area contributed by atoms with E-state index in [1.165, 1.54) is 0 Å². The molecule has 0 atom stereocenters. The van der Waals surface area contributed by atoms with Crippen molar-refractivity contribution in [1.82, 2.24) is 0 Å². The van der Waals surface area contributed by atoms with Crippen molar-refractivity contribution in [3.05, 3.63) is 0 Å². The van der Waals surface area contributed by atoms with Gasteiger partial charge >= 0.3 is 0 Å². The summed E-state index contributed by atoms with van der Waals surface area (Å²) in [6.45, 7) is 5.70. The highest BCUT2D eigenvalue weighted by Crippen LogP contribution is 2.18. The first-order valence-electron chi connectivity index (χ1n) is 3.14. The summed E-state index contributed by atoms with van der Waals surface area (Å²) in [6, 6.07) is 0. The van der Waals surface area contributed by atoms with Crippen molar-refractivity contribution in [3.8, 4) is 0 Å². The van der Waals surface area contributed by atoms with Crippen molar-refractivity contribution in [2.75, 3.05) is 5.75 Å². The summed E-state index contributed by atoms with van der Waals surface area (Å²) in [6.07, 6.45) is 0.429. The second-order valence-corrected chi connectivity index (χ2v) is 5.10. The van der Waals surface area contributed by atoms with E-state index < -0.39 is 10.1 Å². The fraction of sp³-hybridized carbons (Fsp3) is 1.00. The van der Waals surface area contributed by atoms with Crippen LogP contribution in [0.4, 0.5) is 0 Å². The minimum atomic E-state index is -4.01. The molecular weight excluding hydrogens is 152 g/mol. The molecule has 0 aliphatic rings. The molecule has 0 aromatic heterocycles. The van der Waals surface area contributed by atoms with E-state index in [2.05, 4.69) is 0 Å². The third-order valence-electron chi connectivity index (χ3n) is 1.10. The summed E-state index contributed by atoms with van der Waals surface area (Å²) in [7, 11) is -4.01. The monoisotopic (exact) mass is 165 g/mol. The van der Waals surface area contributed by atoms with E-state index in [9.17, 15) is 13.0 Å². The standard InChI is InChI=1S/C6H14O3S/c1-6(2,3)4-5-10(7,8)9/h4-5H2,1-3H3,(H,7,8,9)/p-1. The molecule has 3 nitrogen and oxygen atoms in total. The Labute approximate surface area is 62.2 Å². The zero-order valence-electron chi connectivity index (χ0n) is 6.55. The van der Waals surface area contributed by atoms with Crippen LogP contribution < -0.4 is 0 Å². The molecule has 0 bridgehead atoms. The van der Waals surface area contributed by atoms with Crippen LogP contribution in [0.3, 0.4) is 0 Å². The summed E-state index contributed by atoms with van der Waals surface area (Å²) < 4.78 is 30.4. The van der Waals surface area contributed by atoms with Gasteiger partial charge in [0, 0.05) is 5.75 Å². The average Bonchev–Trinajstić information content (AvgIpc) is 1.57. The number of hydrogen-bond donors (Lipinski definition) is 0. The molecule has 62 valence electrons. The van der Waals surface area contributed by atoms with E-state index >= 15 is 0 Å². The molecule has 0 saturated heterocycles. The van der Waals surface area contributed by atoms with Crippen LogP contribution in [0, 0.1) is 5.41 Å². The first kappa shape index (κ1) is 9.91. The number of rotatable bonds is 2. The van der Waals surface area contributed by atoms with E-state index in [1.54, 1.807) is 0 Å². The summed E-state index contributed by atoms with van der Waals surface area (Å²) in [5.41, 5.74) is -0.0719. The highest BCUT2D eigenvalue weighted by molar-refractivity contribution is 7.85. The van der Waals surface area contributed by atoms with Gasteiger partial charge < -0.3 is 4.55 Å². The lowest BCUT2D eigenvalue weighted by atomic mass is 9.94. The van der Waals surface area contributed by atoms with Crippen molar-refractivity contribution >= 4 is 10.1 Å². The van der Waals surface area contributed by atoms with Gasteiger partial charge in [-0.2, -0.15) is 0 Å². The maximum atomic E-state index is 10.1. The maximum Gasteiger partial charge on any atom is 0.0946 e. The van der Waals surface area contributed by atoms with Crippen LogP contribution in [0.15, 0.2) is 0 Å². The summed E-state index contributed by atoms with van der Waals surface area (Å²) in [5, 5.41) is 0. The van der Waals surface area contributed by atoms with Crippen LogP contribution in [0.25, 0.3) is 0 Å². The Morgan fingerprint density at radius 3 is 1.80 bits per heavy atom. The zero-order valence-corrected chi connectivity index (χ0v) is 7.36. The first-order chi connectivity index (χ1) is 4.21. The quantitative estimate of drug-likeness (QED) is 0.573. The smallest absolute Gasteiger partial charge is 0.0946 e. The molecule has 4 heteroatoms. The molecule has 0 aliphatic carbocycles. The fourth-order valence-electron chi connectivity index (χ4n) is 0.431. The Bertz CT molecular complexity index is 186. The van der Waals surface area contributed by atoms with E-state index in [4.69, 9.17) is 0 Å². The third-order valence-corrected chi connectivity index (χ3v) is 1.81. The van der Waals surface area contributed by atoms with Gasteiger partial charge in [0.25, 0.3) is 0 Å². The molecule has 0 N–H and O–H groups in total. The molecule has 10 heavy (non-hydrogen) atoms. The average molecular weight is 165 g/mol. The normalized spacial score (nSPS) is 13.6. The van der Waals surface area contributed by atoms with Crippen LogP contribution in [0.2, 0.25) is 0 Å². The van der Waals surface area contributed by atoms with Gasteiger partial charge in [0.05, 0.1) is 10.1 Å². The van der Waals surface area contributed by atoms with E-state index in [-0.39, 0.29) is 11.2 Å². The predicted molar refractivity (Wildman–Crippen MR) is 38.6 cm³/mol. The SMILES string of the molecule is CC(C)(C)CCS(=O)(=O)[O-]. The topological polar surface area (TPSA) is 57.2 Å². The second kappa shape index (κ2) is 2.88. The Kier molecular flexibility index (Phi) is 2.86. The Morgan fingerprint density at radius 1 is 1.30 bits per heavy atom. The van der Waals surface area contributed by atoms with Crippen molar-refractivity contribution in [1.29, 1.82) is 0 Å². The zero-order chi connectivity index (χ0) is 8.41. The van der Waals surface area contributed by atoms with E-state index in [0.29, 0.717) is 6.42 Å². The van der Waals surface area contributed by atoms with Crippen LogP contribution in [-0.2, 0) is 10.1 Å². The lowest BCUT2D eigenvalue weighted by Crippen LogP contribution is -2.13. The van der Waals surface area contributed by atoms with Crippen LogP contribution in [0.1, 0.15) is 27.2 Å². The van der Waals surface area contributed by atoms with Crippen LogP contribution in [-0.4, -0.2) is 18.7 Å². The first-order valence-corrected chi connectivity index (χ1v) is 4.72. The minimum Gasteiger partial charge on any atom is -0.748 e. The van der Waals surface area contributed by atoms with Gasteiger partial charge in [-0.1, -0.05) is 20.8 Å². The predicted octanol–water partition coefficient (Wildman–Crippen LogP) is 0.968. The van der Waals surface area contributed by atoms with Crippen molar-refractivity contribution < 1.29 is 13.0 Å². The van der Waals surface area contributed by atoms with Crippen molar-refractivity contribution in [2.45, 2.75) is 27.2 Å². The van der Waals surface area contributed by atoms with Gasteiger partial charge in [-0.15, -0.1) is 0 Å². The Morgan fingerprint density at radius 2 is 1.70 bits per heavy atom. The molecule has 0 heterocycles. The van der Waals surface area contributed by atoms with Gasteiger partial charge in [0.15, 0.2) is 0 Å². The Hall–Kier alpha value is -0.0900. The molecule has 0 radical (unpaired) electrons. The molecule has 0 aliphatic heterocycles. The van der Waals surface area contributed by atoms with E-state index in [1.807, 2.05) is 20.8 Å². The summed E-state index contributed by atoms with van der Waals surface area (Å²) in [5.74, 6) is -0.253. The molecule has 0 fully saturated rings.